The van der Waals surface area contributed by atoms with Crippen molar-refractivity contribution in [1.29, 1.82) is 0 Å². The third-order valence-corrected chi connectivity index (χ3v) is 6.26. The zero-order chi connectivity index (χ0) is 22.4. The Hall–Kier alpha value is -3.07. The van der Waals surface area contributed by atoms with Crippen LogP contribution in [-0.2, 0) is 14.8 Å². The maximum atomic E-state index is 12.2. The number of hydrogen-bond donors (Lipinski definition) is 1. The second-order valence-corrected chi connectivity index (χ2v) is 9.22. The molecule has 0 aliphatic rings. The molecule has 7 nitrogen and oxygen atoms in total. The summed E-state index contributed by atoms with van der Waals surface area (Å²) in [4.78, 5) is 12.2. The van der Waals surface area contributed by atoms with E-state index >= 15 is 0 Å². The second-order valence-electron chi connectivity index (χ2n) is 6.66. The van der Waals surface area contributed by atoms with Crippen LogP contribution in [0.15, 0.2) is 77.7 Å². The van der Waals surface area contributed by atoms with E-state index in [0.29, 0.717) is 17.2 Å². The lowest BCUT2D eigenvalue weighted by atomic mass is 10.3. The molecule has 0 spiro atoms. The molecule has 31 heavy (non-hydrogen) atoms. The predicted molar refractivity (Wildman–Crippen MR) is 119 cm³/mol. The SMILES string of the molecule is CN(C)S(=O)(=O)c1ccc(OCC(=O)Nc2ccc(Oc3ccccc3)cc2)c(Cl)c1. The van der Waals surface area contributed by atoms with Crippen molar-refractivity contribution in [1.82, 2.24) is 4.31 Å². The molecule has 3 aromatic rings. The number of amides is 1. The third-order valence-electron chi connectivity index (χ3n) is 4.16. The standard InChI is InChI=1S/C22H21ClN2O5S/c1-25(2)31(27,28)19-12-13-21(20(23)14-19)29-15-22(26)24-16-8-10-18(11-9-16)30-17-6-4-3-5-7-17/h3-14H,15H2,1-2H3,(H,24,26). The van der Waals surface area contributed by atoms with Crippen molar-refractivity contribution in [2.45, 2.75) is 4.90 Å². The van der Waals surface area contributed by atoms with Gasteiger partial charge in [-0.25, -0.2) is 12.7 Å². The molecule has 0 aliphatic carbocycles. The van der Waals surface area contributed by atoms with Crippen molar-refractivity contribution >= 4 is 33.2 Å². The van der Waals surface area contributed by atoms with E-state index in [0.717, 1.165) is 4.31 Å². The number of carbonyl (C=O) groups is 1. The van der Waals surface area contributed by atoms with Gasteiger partial charge in [0.15, 0.2) is 6.61 Å². The number of para-hydroxylation sites is 1. The molecular weight excluding hydrogens is 440 g/mol. The van der Waals surface area contributed by atoms with Crippen LogP contribution in [0.2, 0.25) is 5.02 Å². The molecule has 0 aromatic heterocycles. The molecule has 0 heterocycles. The number of carbonyl (C=O) groups excluding carboxylic acids is 1. The maximum absolute atomic E-state index is 12.2. The fourth-order valence-corrected chi connectivity index (χ4v) is 3.77. The normalized spacial score (nSPS) is 11.2. The Morgan fingerprint density at radius 1 is 0.968 bits per heavy atom. The lowest BCUT2D eigenvalue weighted by Gasteiger charge is -2.13. The zero-order valence-corrected chi connectivity index (χ0v) is 18.5. The Labute approximate surface area is 186 Å². The van der Waals surface area contributed by atoms with E-state index in [1.165, 1.54) is 32.3 Å². The zero-order valence-electron chi connectivity index (χ0n) is 16.9. The van der Waals surface area contributed by atoms with Crippen LogP contribution in [0.25, 0.3) is 0 Å². The number of hydrogen-bond acceptors (Lipinski definition) is 5. The van der Waals surface area contributed by atoms with E-state index in [-0.39, 0.29) is 22.3 Å². The minimum atomic E-state index is -3.61. The van der Waals surface area contributed by atoms with Gasteiger partial charge in [-0.2, -0.15) is 0 Å². The number of ether oxygens (including phenoxy) is 2. The van der Waals surface area contributed by atoms with Crippen LogP contribution in [0.3, 0.4) is 0 Å². The first-order chi connectivity index (χ1) is 14.8. The molecule has 3 rings (SSSR count). The fraction of sp³-hybridized carbons (Fsp3) is 0.136. The third kappa shape index (κ3) is 5.97. The van der Waals surface area contributed by atoms with E-state index in [4.69, 9.17) is 21.1 Å². The molecule has 0 radical (unpaired) electrons. The fourth-order valence-electron chi connectivity index (χ4n) is 2.54. The van der Waals surface area contributed by atoms with Crippen molar-refractivity contribution in [3.8, 4) is 17.2 Å². The number of halogens is 1. The minimum Gasteiger partial charge on any atom is -0.482 e. The first kappa shape index (κ1) is 22.6. The van der Waals surface area contributed by atoms with Crippen LogP contribution >= 0.6 is 11.6 Å². The predicted octanol–water partition coefficient (Wildman–Crippen LogP) is 4.40. The van der Waals surface area contributed by atoms with Gasteiger partial charge >= 0.3 is 0 Å². The van der Waals surface area contributed by atoms with Crippen LogP contribution in [0, 0.1) is 0 Å². The highest BCUT2D eigenvalue weighted by atomic mass is 35.5. The summed E-state index contributed by atoms with van der Waals surface area (Å²) in [7, 11) is -0.750. The van der Waals surface area contributed by atoms with Crippen molar-refractivity contribution < 1.29 is 22.7 Å². The van der Waals surface area contributed by atoms with Gasteiger partial charge in [-0.3, -0.25) is 4.79 Å². The summed E-state index contributed by atoms with van der Waals surface area (Å²) in [6, 6.07) is 20.3. The van der Waals surface area contributed by atoms with Crippen molar-refractivity contribution in [2.75, 3.05) is 26.0 Å². The summed E-state index contributed by atoms with van der Waals surface area (Å²) >= 11 is 6.11. The molecule has 1 N–H and O–H groups in total. The summed E-state index contributed by atoms with van der Waals surface area (Å²) in [6.45, 7) is -0.290. The molecular formula is C22H21ClN2O5S. The molecule has 0 saturated carbocycles. The Morgan fingerprint density at radius 3 is 2.23 bits per heavy atom. The Bertz CT molecular complexity index is 1150. The smallest absolute Gasteiger partial charge is 0.262 e. The highest BCUT2D eigenvalue weighted by Crippen LogP contribution is 2.28. The number of nitrogens with zero attached hydrogens (tertiary/aromatic N) is 1. The van der Waals surface area contributed by atoms with Gasteiger partial charge in [0.1, 0.15) is 17.2 Å². The van der Waals surface area contributed by atoms with Crippen molar-refractivity contribution in [2.24, 2.45) is 0 Å². The number of anilines is 1. The largest absolute Gasteiger partial charge is 0.482 e. The van der Waals surface area contributed by atoms with E-state index in [1.54, 1.807) is 24.3 Å². The van der Waals surface area contributed by atoms with Gasteiger partial charge in [0, 0.05) is 19.8 Å². The van der Waals surface area contributed by atoms with Gasteiger partial charge in [0.05, 0.1) is 9.92 Å². The minimum absolute atomic E-state index is 0.0390. The van der Waals surface area contributed by atoms with Gasteiger partial charge in [-0.1, -0.05) is 29.8 Å². The summed E-state index contributed by atoms with van der Waals surface area (Å²) in [5.41, 5.74) is 0.576. The first-order valence-electron chi connectivity index (χ1n) is 9.23. The van der Waals surface area contributed by atoms with Crippen molar-refractivity contribution in [3.05, 3.63) is 77.8 Å². The first-order valence-corrected chi connectivity index (χ1v) is 11.1. The van der Waals surface area contributed by atoms with Gasteiger partial charge in [0.2, 0.25) is 10.0 Å². The van der Waals surface area contributed by atoms with Crippen LogP contribution in [0.1, 0.15) is 0 Å². The highest BCUT2D eigenvalue weighted by Gasteiger charge is 2.19. The Morgan fingerprint density at radius 2 is 1.61 bits per heavy atom. The maximum Gasteiger partial charge on any atom is 0.262 e. The van der Waals surface area contributed by atoms with Crippen molar-refractivity contribution in [3.63, 3.8) is 0 Å². The lowest BCUT2D eigenvalue weighted by Crippen LogP contribution is -2.22. The average molecular weight is 461 g/mol. The van der Waals surface area contributed by atoms with Gasteiger partial charge < -0.3 is 14.8 Å². The summed E-state index contributed by atoms with van der Waals surface area (Å²) in [6.07, 6.45) is 0. The molecule has 9 heteroatoms. The molecule has 0 fully saturated rings. The van der Waals surface area contributed by atoms with Crippen LogP contribution in [0.4, 0.5) is 5.69 Å². The van der Waals surface area contributed by atoms with Crippen LogP contribution in [0.5, 0.6) is 17.2 Å². The average Bonchev–Trinajstić information content (AvgIpc) is 2.75. The Balaban J connectivity index is 1.55. The molecule has 1 amide bonds. The topological polar surface area (TPSA) is 84.9 Å². The van der Waals surface area contributed by atoms with Crippen LogP contribution < -0.4 is 14.8 Å². The van der Waals surface area contributed by atoms with Gasteiger partial charge in [-0.15, -0.1) is 0 Å². The van der Waals surface area contributed by atoms with E-state index < -0.39 is 15.9 Å². The monoisotopic (exact) mass is 460 g/mol. The highest BCUT2D eigenvalue weighted by molar-refractivity contribution is 7.89. The second kappa shape index (κ2) is 9.82. The molecule has 0 aliphatic heterocycles. The molecule has 0 atom stereocenters. The summed E-state index contributed by atoms with van der Waals surface area (Å²) in [5, 5.41) is 2.80. The Kier molecular flexibility index (Phi) is 7.17. The van der Waals surface area contributed by atoms with Crippen LogP contribution in [-0.4, -0.2) is 39.3 Å². The number of rotatable bonds is 8. The molecule has 0 saturated heterocycles. The summed E-state index contributed by atoms with van der Waals surface area (Å²) in [5.74, 6) is 1.17. The number of benzene rings is 3. The number of sulfonamides is 1. The number of nitrogens with one attached hydrogen (secondary N) is 1. The molecule has 3 aromatic carbocycles. The van der Waals surface area contributed by atoms with E-state index in [9.17, 15) is 13.2 Å². The quantitative estimate of drug-likeness (QED) is 0.538. The van der Waals surface area contributed by atoms with E-state index in [1.807, 2.05) is 30.3 Å². The van der Waals surface area contributed by atoms with Gasteiger partial charge in [-0.05, 0) is 54.6 Å². The summed E-state index contributed by atoms with van der Waals surface area (Å²) < 4.78 is 36.5. The lowest BCUT2D eigenvalue weighted by molar-refractivity contribution is -0.118. The van der Waals surface area contributed by atoms with Gasteiger partial charge in [0.25, 0.3) is 5.91 Å². The molecule has 162 valence electrons. The molecule has 0 unspecified atom stereocenters. The molecule has 0 bridgehead atoms. The van der Waals surface area contributed by atoms with E-state index in [2.05, 4.69) is 5.32 Å².